The van der Waals surface area contributed by atoms with Crippen LogP contribution in [-0.2, 0) is 11.2 Å². The Morgan fingerprint density at radius 2 is 2.00 bits per heavy atom. The molecule has 0 radical (unpaired) electrons. The number of H-pyrrole nitrogens is 1. The maximum atomic E-state index is 12.4. The Morgan fingerprint density at radius 3 is 2.79 bits per heavy atom. The van der Waals surface area contributed by atoms with Gasteiger partial charge in [-0.15, -0.1) is 0 Å². The van der Waals surface area contributed by atoms with E-state index >= 15 is 0 Å². The van der Waals surface area contributed by atoms with E-state index in [0.717, 1.165) is 56.2 Å². The molecule has 0 aliphatic carbocycles. The predicted molar refractivity (Wildman–Crippen MR) is 112 cm³/mol. The molecule has 2 aliphatic rings. The first-order chi connectivity index (χ1) is 13.6. The van der Waals surface area contributed by atoms with Crippen LogP contribution in [0.15, 0.2) is 35.1 Å². The molecule has 6 nitrogen and oxygen atoms in total. The zero-order valence-corrected chi connectivity index (χ0v) is 16.7. The van der Waals surface area contributed by atoms with E-state index in [0.29, 0.717) is 19.3 Å². The molecule has 2 aliphatic heterocycles. The summed E-state index contributed by atoms with van der Waals surface area (Å²) in [6.45, 7) is 6.11. The Balaban J connectivity index is 1.58. The second-order valence-corrected chi connectivity index (χ2v) is 7.70. The van der Waals surface area contributed by atoms with E-state index in [9.17, 15) is 4.79 Å². The van der Waals surface area contributed by atoms with Gasteiger partial charge in [0.1, 0.15) is 11.6 Å². The van der Waals surface area contributed by atoms with Crippen molar-refractivity contribution in [2.24, 2.45) is 0 Å². The van der Waals surface area contributed by atoms with Gasteiger partial charge in [-0.2, -0.15) is 0 Å². The van der Waals surface area contributed by atoms with Gasteiger partial charge in [0.15, 0.2) is 0 Å². The number of ether oxygens (including phenoxy) is 2. The van der Waals surface area contributed by atoms with Crippen molar-refractivity contribution in [3.63, 3.8) is 0 Å². The molecule has 2 saturated heterocycles. The first-order valence-corrected chi connectivity index (χ1v) is 10.1. The molecule has 6 heteroatoms. The number of aromatic nitrogens is 1. The predicted octanol–water partition coefficient (Wildman–Crippen LogP) is 2.74. The lowest BCUT2D eigenvalue weighted by atomic mass is 10.0. The van der Waals surface area contributed by atoms with Crippen LogP contribution in [-0.4, -0.2) is 51.0 Å². The average Bonchev–Trinajstić information content (AvgIpc) is 3.18. The van der Waals surface area contributed by atoms with E-state index in [1.165, 1.54) is 11.1 Å². The average molecular weight is 383 g/mol. The van der Waals surface area contributed by atoms with Gasteiger partial charge >= 0.3 is 0 Å². The molecular formula is C22H29N3O3. The Labute approximate surface area is 166 Å². The van der Waals surface area contributed by atoms with Gasteiger partial charge in [-0.05, 0) is 43.4 Å². The summed E-state index contributed by atoms with van der Waals surface area (Å²) in [5, 5.41) is 0. The number of aryl methyl sites for hydroxylation is 1. The maximum absolute atomic E-state index is 12.4. The van der Waals surface area contributed by atoms with Gasteiger partial charge in [0, 0.05) is 43.5 Å². The largest absolute Gasteiger partial charge is 0.496 e. The number of rotatable bonds is 5. The van der Waals surface area contributed by atoms with Gasteiger partial charge < -0.3 is 24.3 Å². The molecule has 0 bridgehead atoms. The van der Waals surface area contributed by atoms with Crippen molar-refractivity contribution in [3.05, 3.63) is 51.8 Å². The highest BCUT2D eigenvalue weighted by Gasteiger charge is 2.27. The third kappa shape index (κ3) is 4.02. The first kappa shape index (κ1) is 18.9. The topological polar surface area (TPSA) is 57.8 Å². The maximum Gasteiger partial charge on any atom is 0.251 e. The minimum Gasteiger partial charge on any atom is -0.496 e. The Kier molecular flexibility index (Phi) is 5.57. The Bertz CT molecular complexity index is 874. The van der Waals surface area contributed by atoms with Crippen LogP contribution in [0.1, 0.15) is 24.0 Å². The van der Waals surface area contributed by atoms with Crippen LogP contribution in [0.3, 0.4) is 0 Å². The summed E-state index contributed by atoms with van der Waals surface area (Å²) in [7, 11) is 1.73. The van der Waals surface area contributed by atoms with Crippen molar-refractivity contribution in [3.8, 4) is 5.75 Å². The number of benzene rings is 1. The van der Waals surface area contributed by atoms with Crippen molar-refractivity contribution in [2.45, 2.75) is 32.2 Å². The highest BCUT2D eigenvalue weighted by atomic mass is 16.5. The van der Waals surface area contributed by atoms with E-state index in [-0.39, 0.29) is 5.56 Å². The van der Waals surface area contributed by atoms with E-state index in [1.54, 1.807) is 13.2 Å². The molecule has 1 aromatic carbocycles. The molecule has 1 atom stereocenters. The molecule has 3 heterocycles. The van der Waals surface area contributed by atoms with Gasteiger partial charge in [-0.1, -0.05) is 12.1 Å². The SMILES string of the molecule is COc1cc(C)ccc1C[C@@H]1CCCN1c1cc(N2CCOCC2)cc(=O)[nH]1. The van der Waals surface area contributed by atoms with Crippen molar-refractivity contribution in [1.82, 2.24) is 4.98 Å². The van der Waals surface area contributed by atoms with E-state index < -0.39 is 0 Å². The van der Waals surface area contributed by atoms with Crippen molar-refractivity contribution < 1.29 is 9.47 Å². The number of pyridine rings is 1. The third-order valence-corrected chi connectivity index (χ3v) is 5.78. The van der Waals surface area contributed by atoms with Crippen molar-refractivity contribution in [1.29, 1.82) is 0 Å². The summed E-state index contributed by atoms with van der Waals surface area (Å²) >= 11 is 0. The second kappa shape index (κ2) is 8.27. The van der Waals surface area contributed by atoms with E-state index in [1.807, 2.05) is 0 Å². The molecule has 0 amide bonds. The number of hydrogen-bond acceptors (Lipinski definition) is 5. The summed E-state index contributed by atoms with van der Waals surface area (Å²) in [5.41, 5.74) is 3.36. The minimum atomic E-state index is -0.0439. The van der Waals surface area contributed by atoms with Crippen LogP contribution >= 0.6 is 0 Å². The molecule has 0 saturated carbocycles. The number of morpholine rings is 1. The molecule has 2 fully saturated rings. The molecule has 1 N–H and O–H groups in total. The fourth-order valence-electron chi connectivity index (χ4n) is 4.31. The van der Waals surface area contributed by atoms with Crippen LogP contribution < -0.4 is 20.1 Å². The van der Waals surface area contributed by atoms with Gasteiger partial charge in [0.25, 0.3) is 5.56 Å². The fraction of sp³-hybridized carbons (Fsp3) is 0.500. The highest BCUT2D eigenvalue weighted by molar-refractivity contribution is 5.56. The van der Waals surface area contributed by atoms with Crippen LogP contribution in [0.25, 0.3) is 0 Å². The number of anilines is 2. The fourth-order valence-corrected chi connectivity index (χ4v) is 4.31. The second-order valence-electron chi connectivity index (χ2n) is 7.70. The zero-order chi connectivity index (χ0) is 19.5. The third-order valence-electron chi connectivity index (χ3n) is 5.78. The summed E-state index contributed by atoms with van der Waals surface area (Å²) in [4.78, 5) is 20.0. The van der Waals surface area contributed by atoms with Crippen LogP contribution in [0.2, 0.25) is 0 Å². The Morgan fingerprint density at radius 1 is 1.18 bits per heavy atom. The molecule has 4 rings (SSSR count). The number of nitrogens with one attached hydrogen (secondary N) is 1. The van der Waals surface area contributed by atoms with Gasteiger partial charge in [-0.25, -0.2) is 0 Å². The molecule has 1 aromatic heterocycles. The Hall–Kier alpha value is -2.47. The lowest BCUT2D eigenvalue weighted by molar-refractivity contribution is 0.122. The summed E-state index contributed by atoms with van der Waals surface area (Å²) in [5.74, 6) is 1.87. The summed E-state index contributed by atoms with van der Waals surface area (Å²) < 4.78 is 11.0. The first-order valence-electron chi connectivity index (χ1n) is 10.1. The monoisotopic (exact) mass is 383 g/mol. The molecule has 150 valence electrons. The number of hydrogen-bond donors (Lipinski definition) is 1. The van der Waals surface area contributed by atoms with Gasteiger partial charge in [0.2, 0.25) is 0 Å². The number of methoxy groups -OCH3 is 1. The van der Waals surface area contributed by atoms with Crippen molar-refractivity contribution in [2.75, 3.05) is 49.8 Å². The molecular weight excluding hydrogens is 354 g/mol. The molecule has 28 heavy (non-hydrogen) atoms. The normalized spacial score (nSPS) is 19.9. The van der Waals surface area contributed by atoms with Crippen LogP contribution in [0, 0.1) is 6.92 Å². The molecule has 2 aromatic rings. The standard InChI is InChI=1S/C22H29N3O3/c1-16-5-6-17(20(12-16)27-2)13-18-4-3-7-25(18)21-14-19(15-22(26)23-21)24-8-10-28-11-9-24/h5-6,12,14-15,18H,3-4,7-11,13H2,1-2H3,(H,23,26)/t18-/m0/s1. The lowest BCUT2D eigenvalue weighted by Gasteiger charge is -2.31. The van der Waals surface area contributed by atoms with Gasteiger partial charge in [-0.3, -0.25) is 4.79 Å². The lowest BCUT2D eigenvalue weighted by Crippen LogP contribution is -2.38. The van der Waals surface area contributed by atoms with E-state index in [2.05, 4.69) is 46.0 Å². The number of aromatic amines is 1. The number of nitrogens with zero attached hydrogens (tertiary/aromatic N) is 2. The zero-order valence-electron chi connectivity index (χ0n) is 16.7. The smallest absolute Gasteiger partial charge is 0.251 e. The van der Waals surface area contributed by atoms with Gasteiger partial charge in [0.05, 0.1) is 20.3 Å². The summed E-state index contributed by atoms with van der Waals surface area (Å²) in [6, 6.07) is 10.6. The minimum absolute atomic E-state index is 0.0439. The molecule has 0 spiro atoms. The van der Waals surface area contributed by atoms with Crippen LogP contribution in [0.4, 0.5) is 11.5 Å². The summed E-state index contributed by atoms with van der Waals surface area (Å²) in [6.07, 6.45) is 3.15. The van der Waals surface area contributed by atoms with Crippen molar-refractivity contribution >= 4 is 11.5 Å². The quantitative estimate of drug-likeness (QED) is 0.860. The van der Waals surface area contributed by atoms with Crippen LogP contribution in [0.5, 0.6) is 5.75 Å². The van der Waals surface area contributed by atoms with E-state index in [4.69, 9.17) is 9.47 Å². The highest BCUT2D eigenvalue weighted by Crippen LogP contribution is 2.30. The molecule has 0 unspecified atom stereocenters.